The quantitative estimate of drug-likeness (QED) is 0.561. The van der Waals surface area contributed by atoms with E-state index in [-0.39, 0.29) is 11.9 Å². The molecule has 0 saturated heterocycles. The van der Waals surface area contributed by atoms with Crippen molar-refractivity contribution in [1.82, 2.24) is 5.43 Å². The number of benzene rings is 2. The van der Waals surface area contributed by atoms with E-state index in [1.54, 1.807) is 17.4 Å². The minimum atomic E-state index is -0.213. The molecule has 4 heteroatoms. The summed E-state index contributed by atoms with van der Waals surface area (Å²) < 4.78 is 14.4. The van der Waals surface area contributed by atoms with Crippen LogP contribution in [-0.2, 0) is 0 Å². The molecule has 3 rings (SSSR count). The van der Waals surface area contributed by atoms with Crippen LogP contribution in [0.2, 0.25) is 0 Å². The highest BCUT2D eigenvalue weighted by Gasteiger charge is 2.16. The summed E-state index contributed by atoms with van der Waals surface area (Å²) >= 11 is 1.63. The number of nitrogens with two attached hydrogens (primary N) is 1. The second-order valence-corrected chi connectivity index (χ2v) is 6.39. The van der Waals surface area contributed by atoms with Gasteiger partial charge in [0.25, 0.3) is 0 Å². The van der Waals surface area contributed by atoms with E-state index < -0.39 is 0 Å². The van der Waals surface area contributed by atoms with E-state index >= 15 is 0 Å². The van der Waals surface area contributed by atoms with E-state index in [0.29, 0.717) is 0 Å². The van der Waals surface area contributed by atoms with Crippen molar-refractivity contribution in [1.29, 1.82) is 0 Å². The molecule has 1 aromatic heterocycles. The summed E-state index contributed by atoms with van der Waals surface area (Å²) in [5, 5.41) is 0.916. The molecule has 1 unspecified atom stereocenters. The predicted octanol–water partition coefficient (Wildman–Crippen LogP) is 4.21. The van der Waals surface area contributed by atoms with Crippen LogP contribution in [0.1, 0.15) is 27.6 Å². The molecule has 0 bridgehead atoms. The molecule has 0 spiro atoms. The summed E-state index contributed by atoms with van der Waals surface area (Å²) in [5.41, 5.74) is 6.49. The Morgan fingerprint density at radius 2 is 1.86 bits per heavy atom. The molecule has 0 aliphatic carbocycles. The minimum Gasteiger partial charge on any atom is -0.271 e. The Kier molecular flexibility index (Phi) is 3.76. The molecule has 21 heavy (non-hydrogen) atoms. The Morgan fingerprint density at radius 3 is 2.57 bits per heavy atom. The van der Waals surface area contributed by atoms with Gasteiger partial charge in [-0.2, -0.15) is 0 Å². The summed E-state index contributed by atoms with van der Waals surface area (Å²) in [5.74, 6) is 5.55. The van der Waals surface area contributed by atoms with Crippen molar-refractivity contribution >= 4 is 21.4 Å². The van der Waals surface area contributed by atoms with Crippen molar-refractivity contribution in [2.45, 2.75) is 19.9 Å². The average molecular weight is 300 g/mol. The van der Waals surface area contributed by atoms with E-state index in [9.17, 15) is 4.39 Å². The van der Waals surface area contributed by atoms with Gasteiger partial charge in [0.05, 0.1) is 6.04 Å². The SMILES string of the molecule is Cc1ccc(C(NN)c2cc3cc(F)ccc3s2)cc1C. The van der Waals surface area contributed by atoms with Crippen LogP contribution in [0.3, 0.4) is 0 Å². The third-order valence-corrected chi connectivity index (χ3v) is 4.99. The highest BCUT2D eigenvalue weighted by atomic mass is 32.1. The number of fused-ring (bicyclic) bond motifs is 1. The Hall–Kier alpha value is -1.75. The second kappa shape index (κ2) is 5.56. The van der Waals surface area contributed by atoms with Crippen LogP contribution in [0.25, 0.3) is 10.1 Å². The lowest BCUT2D eigenvalue weighted by Gasteiger charge is -2.16. The summed E-state index contributed by atoms with van der Waals surface area (Å²) in [4.78, 5) is 1.08. The number of aryl methyl sites for hydroxylation is 2. The summed E-state index contributed by atoms with van der Waals surface area (Å²) in [6, 6.07) is 13.1. The van der Waals surface area contributed by atoms with Crippen molar-refractivity contribution in [2.24, 2.45) is 5.84 Å². The Bertz CT molecular complexity index is 795. The van der Waals surface area contributed by atoms with Crippen LogP contribution in [0, 0.1) is 19.7 Å². The number of halogens is 1. The van der Waals surface area contributed by atoms with Gasteiger partial charge in [-0.05, 0) is 60.2 Å². The van der Waals surface area contributed by atoms with Crippen molar-refractivity contribution in [3.8, 4) is 0 Å². The van der Waals surface area contributed by atoms with E-state index in [0.717, 1.165) is 20.5 Å². The molecule has 0 saturated carbocycles. The van der Waals surface area contributed by atoms with Crippen LogP contribution in [0.5, 0.6) is 0 Å². The van der Waals surface area contributed by atoms with Gasteiger partial charge in [-0.25, -0.2) is 9.82 Å². The van der Waals surface area contributed by atoms with Crippen LogP contribution in [0.4, 0.5) is 4.39 Å². The largest absolute Gasteiger partial charge is 0.271 e. The Balaban J connectivity index is 2.06. The third kappa shape index (κ3) is 2.70. The van der Waals surface area contributed by atoms with Crippen LogP contribution in [0.15, 0.2) is 42.5 Å². The topological polar surface area (TPSA) is 38.0 Å². The van der Waals surface area contributed by atoms with Gasteiger partial charge >= 0.3 is 0 Å². The van der Waals surface area contributed by atoms with Crippen molar-refractivity contribution in [3.05, 3.63) is 69.8 Å². The highest BCUT2D eigenvalue weighted by Crippen LogP contribution is 2.33. The fourth-order valence-electron chi connectivity index (χ4n) is 2.46. The molecular weight excluding hydrogens is 283 g/mol. The first kappa shape index (κ1) is 14.2. The lowest BCUT2D eigenvalue weighted by molar-refractivity contribution is 0.629. The van der Waals surface area contributed by atoms with Gasteiger partial charge in [-0.1, -0.05) is 18.2 Å². The molecule has 0 aliphatic rings. The second-order valence-electron chi connectivity index (χ2n) is 5.27. The number of rotatable bonds is 3. The summed E-state index contributed by atoms with van der Waals surface area (Å²) in [7, 11) is 0. The van der Waals surface area contributed by atoms with E-state index in [2.05, 4.69) is 37.5 Å². The molecule has 0 aliphatic heterocycles. The number of hydrogen-bond donors (Lipinski definition) is 2. The zero-order valence-electron chi connectivity index (χ0n) is 12.0. The van der Waals surface area contributed by atoms with Crippen LogP contribution < -0.4 is 11.3 Å². The molecule has 1 atom stereocenters. The number of nitrogens with one attached hydrogen (secondary N) is 1. The van der Waals surface area contributed by atoms with Gasteiger partial charge in [-0.15, -0.1) is 11.3 Å². The van der Waals surface area contributed by atoms with E-state index in [1.807, 2.05) is 12.1 Å². The van der Waals surface area contributed by atoms with Gasteiger partial charge in [0, 0.05) is 9.58 Å². The summed E-state index contributed by atoms with van der Waals surface area (Å²) in [6.07, 6.45) is 0. The molecule has 0 fully saturated rings. The maximum absolute atomic E-state index is 13.3. The van der Waals surface area contributed by atoms with Crippen molar-refractivity contribution in [3.63, 3.8) is 0 Å². The monoisotopic (exact) mass is 300 g/mol. The van der Waals surface area contributed by atoms with E-state index in [4.69, 9.17) is 5.84 Å². The standard InChI is InChI=1S/C17H17FN2S/c1-10-3-4-12(7-11(10)2)17(20-19)16-9-13-8-14(18)5-6-15(13)21-16/h3-9,17,20H,19H2,1-2H3. The van der Waals surface area contributed by atoms with E-state index in [1.165, 1.54) is 17.2 Å². The average Bonchev–Trinajstić information content (AvgIpc) is 2.86. The van der Waals surface area contributed by atoms with Gasteiger partial charge in [0.1, 0.15) is 5.82 Å². The lowest BCUT2D eigenvalue weighted by Crippen LogP contribution is -2.28. The minimum absolute atomic E-state index is 0.0789. The number of hydrogen-bond acceptors (Lipinski definition) is 3. The van der Waals surface area contributed by atoms with Gasteiger partial charge in [0.15, 0.2) is 0 Å². The molecule has 2 nitrogen and oxygen atoms in total. The molecule has 0 radical (unpaired) electrons. The fourth-order valence-corrected chi connectivity index (χ4v) is 3.60. The number of thiophene rings is 1. The predicted molar refractivity (Wildman–Crippen MR) is 86.9 cm³/mol. The molecule has 108 valence electrons. The lowest BCUT2D eigenvalue weighted by atomic mass is 10.0. The van der Waals surface area contributed by atoms with Crippen molar-refractivity contribution < 1.29 is 4.39 Å². The molecule has 3 N–H and O–H groups in total. The van der Waals surface area contributed by atoms with Crippen molar-refractivity contribution in [2.75, 3.05) is 0 Å². The summed E-state index contributed by atoms with van der Waals surface area (Å²) in [6.45, 7) is 4.18. The maximum atomic E-state index is 13.3. The molecule has 1 heterocycles. The van der Waals surface area contributed by atoms with Gasteiger partial charge in [0.2, 0.25) is 0 Å². The fraction of sp³-hybridized carbons (Fsp3) is 0.176. The molecule has 3 aromatic rings. The first-order chi connectivity index (χ1) is 10.1. The molecule has 0 amide bonds. The highest BCUT2D eigenvalue weighted by molar-refractivity contribution is 7.19. The normalized spacial score (nSPS) is 12.8. The van der Waals surface area contributed by atoms with Gasteiger partial charge < -0.3 is 0 Å². The zero-order valence-corrected chi connectivity index (χ0v) is 12.8. The molecular formula is C17H17FN2S. The van der Waals surface area contributed by atoms with Crippen LogP contribution >= 0.6 is 11.3 Å². The number of hydrazine groups is 1. The Labute approximate surface area is 127 Å². The maximum Gasteiger partial charge on any atom is 0.123 e. The third-order valence-electron chi connectivity index (χ3n) is 3.81. The first-order valence-electron chi connectivity index (χ1n) is 6.81. The van der Waals surface area contributed by atoms with Gasteiger partial charge in [-0.3, -0.25) is 5.84 Å². The Morgan fingerprint density at radius 1 is 1.05 bits per heavy atom. The first-order valence-corrected chi connectivity index (χ1v) is 7.62. The smallest absolute Gasteiger partial charge is 0.123 e. The van der Waals surface area contributed by atoms with Crippen LogP contribution in [-0.4, -0.2) is 0 Å². The zero-order chi connectivity index (χ0) is 15.0. The molecule has 2 aromatic carbocycles.